The van der Waals surface area contributed by atoms with E-state index in [-0.39, 0.29) is 0 Å². The molecule has 1 heterocycles. The molecule has 0 spiro atoms. The van der Waals surface area contributed by atoms with Gasteiger partial charge in [-0.05, 0) is 13.0 Å². The first kappa shape index (κ1) is 8.07. The lowest BCUT2D eigenvalue weighted by Gasteiger charge is -2.00. The quantitative estimate of drug-likeness (QED) is 0.658. The molecule has 0 bridgehead atoms. The summed E-state index contributed by atoms with van der Waals surface area (Å²) in [6.07, 6.45) is 3.12. The van der Waals surface area contributed by atoms with E-state index in [4.69, 9.17) is 5.73 Å². The maximum Gasteiger partial charge on any atom is 0.138 e. The molecule has 0 saturated carbocycles. The van der Waals surface area contributed by atoms with Crippen LogP contribution in [0.1, 0.15) is 18.3 Å². The van der Waals surface area contributed by atoms with Crippen LogP contribution in [0.25, 0.3) is 0 Å². The van der Waals surface area contributed by atoms with Gasteiger partial charge in [-0.25, -0.2) is 4.98 Å². The van der Waals surface area contributed by atoms with Crippen LogP contribution >= 0.6 is 0 Å². The third-order valence-corrected chi connectivity index (χ3v) is 1.49. The van der Waals surface area contributed by atoms with Crippen molar-refractivity contribution in [3.63, 3.8) is 0 Å². The van der Waals surface area contributed by atoms with Crippen molar-refractivity contribution < 1.29 is 0 Å². The molecular formula is C7H12N4. The predicted octanol–water partition coefficient (Wildman–Crippen LogP) is -0.0648. The molecule has 0 atom stereocenters. The van der Waals surface area contributed by atoms with E-state index in [2.05, 4.69) is 15.2 Å². The largest absolute Gasteiger partial charge is 0.330 e. The van der Waals surface area contributed by atoms with E-state index in [1.807, 2.05) is 6.92 Å². The Bertz CT molecular complexity index is 223. The standard InChI is InChI=1S/C7H12N4/c1-2-6-7(3-4-8)9-5-10-11-6/h5H,2-4,8H2,1H3. The van der Waals surface area contributed by atoms with Crippen molar-refractivity contribution in [3.8, 4) is 0 Å². The van der Waals surface area contributed by atoms with Gasteiger partial charge in [0.05, 0.1) is 11.4 Å². The van der Waals surface area contributed by atoms with Gasteiger partial charge < -0.3 is 5.73 Å². The highest BCUT2D eigenvalue weighted by Gasteiger charge is 2.00. The Morgan fingerprint density at radius 3 is 2.91 bits per heavy atom. The smallest absolute Gasteiger partial charge is 0.138 e. The van der Waals surface area contributed by atoms with Crippen molar-refractivity contribution in [1.29, 1.82) is 0 Å². The lowest BCUT2D eigenvalue weighted by molar-refractivity contribution is 0.799. The molecule has 11 heavy (non-hydrogen) atoms. The van der Waals surface area contributed by atoms with Crippen molar-refractivity contribution >= 4 is 0 Å². The number of aromatic nitrogens is 3. The molecule has 0 aliphatic rings. The highest BCUT2D eigenvalue weighted by Crippen LogP contribution is 2.00. The summed E-state index contributed by atoms with van der Waals surface area (Å²) < 4.78 is 0. The first-order valence-electron chi connectivity index (χ1n) is 3.74. The van der Waals surface area contributed by atoms with E-state index >= 15 is 0 Å². The van der Waals surface area contributed by atoms with Gasteiger partial charge in [0, 0.05) is 6.42 Å². The number of rotatable bonds is 3. The monoisotopic (exact) mass is 152 g/mol. The fourth-order valence-corrected chi connectivity index (χ4v) is 0.944. The van der Waals surface area contributed by atoms with Gasteiger partial charge in [-0.1, -0.05) is 6.92 Å². The number of hydrogen-bond acceptors (Lipinski definition) is 4. The number of nitrogens with two attached hydrogens (primary N) is 1. The first-order chi connectivity index (χ1) is 5.38. The molecule has 1 rings (SSSR count). The van der Waals surface area contributed by atoms with Crippen LogP contribution in [0, 0.1) is 0 Å². The average Bonchev–Trinajstić information content (AvgIpc) is 2.06. The van der Waals surface area contributed by atoms with Gasteiger partial charge in [-0.15, -0.1) is 5.10 Å². The average molecular weight is 152 g/mol. The Morgan fingerprint density at radius 1 is 1.45 bits per heavy atom. The lowest BCUT2D eigenvalue weighted by atomic mass is 10.2. The zero-order chi connectivity index (χ0) is 8.10. The Labute approximate surface area is 65.9 Å². The van der Waals surface area contributed by atoms with E-state index < -0.39 is 0 Å². The van der Waals surface area contributed by atoms with Crippen molar-refractivity contribution in [1.82, 2.24) is 15.2 Å². The van der Waals surface area contributed by atoms with E-state index in [1.54, 1.807) is 0 Å². The third-order valence-electron chi connectivity index (χ3n) is 1.49. The normalized spacial score (nSPS) is 10.0. The molecule has 4 heteroatoms. The zero-order valence-corrected chi connectivity index (χ0v) is 6.62. The maximum absolute atomic E-state index is 5.40. The summed E-state index contributed by atoms with van der Waals surface area (Å²) in [7, 11) is 0. The summed E-state index contributed by atoms with van der Waals surface area (Å²) in [6.45, 7) is 2.65. The molecule has 0 aliphatic heterocycles. The first-order valence-corrected chi connectivity index (χ1v) is 3.74. The van der Waals surface area contributed by atoms with Crippen molar-refractivity contribution in [2.24, 2.45) is 5.73 Å². The Hall–Kier alpha value is -1.03. The number of nitrogens with zero attached hydrogens (tertiary/aromatic N) is 3. The van der Waals surface area contributed by atoms with Gasteiger partial charge in [0.25, 0.3) is 0 Å². The lowest BCUT2D eigenvalue weighted by Crippen LogP contribution is -2.09. The SMILES string of the molecule is CCc1nncnc1CCN. The molecular weight excluding hydrogens is 140 g/mol. The molecule has 0 aliphatic carbocycles. The molecule has 0 radical (unpaired) electrons. The van der Waals surface area contributed by atoms with Gasteiger partial charge in [0.1, 0.15) is 6.33 Å². The summed E-state index contributed by atoms with van der Waals surface area (Å²) in [5.74, 6) is 0. The Balaban J connectivity index is 2.83. The molecule has 4 nitrogen and oxygen atoms in total. The van der Waals surface area contributed by atoms with E-state index in [9.17, 15) is 0 Å². The number of hydrogen-bond donors (Lipinski definition) is 1. The van der Waals surface area contributed by atoms with Gasteiger partial charge in [0.2, 0.25) is 0 Å². The van der Waals surface area contributed by atoms with Crippen LogP contribution in [-0.2, 0) is 12.8 Å². The van der Waals surface area contributed by atoms with E-state index in [1.165, 1.54) is 6.33 Å². The van der Waals surface area contributed by atoms with Crippen molar-refractivity contribution in [2.75, 3.05) is 6.54 Å². The van der Waals surface area contributed by atoms with Gasteiger partial charge in [0.15, 0.2) is 0 Å². The van der Waals surface area contributed by atoms with Gasteiger partial charge >= 0.3 is 0 Å². The molecule has 1 aromatic heterocycles. The second-order valence-corrected chi connectivity index (χ2v) is 2.25. The Kier molecular flexibility index (Phi) is 2.92. The predicted molar refractivity (Wildman–Crippen MR) is 42.0 cm³/mol. The number of aryl methyl sites for hydroxylation is 1. The summed E-state index contributed by atoms with van der Waals surface area (Å²) in [5, 5.41) is 7.64. The minimum atomic E-state index is 0.617. The van der Waals surface area contributed by atoms with Crippen molar-refractivity contribution in [2.45, 2.75) is 19.8 Å². The molecule has 0 aromatic carbocycles. The van der Waals surface area contributed by atoms with Crippen LogP contribution in [0.2, 0.25) is 0 Å². The zero-order valence-electron chi connectivity index (χ0n) is 6.62. The second kappa shape index (κ2) is 3.98. The van der Waals surface area contributed by atoms with E-state index in [0.29, 0.717) is 6.54 Å². The summed E-state index contributed by atoms with van der Waals surface area (Å²) in [6, 6.07) is 0. The maximum atomic E-state index is 5.40. The minimum absolute atomic E-state index is 0.617. The highest BCUT2D eigenvalue weighted by molar-refractivity contribution is 5.08. The molecule has 1 aromatic rings. The topological polar surface area (TPSA) is 64.7 Å². The highest BCUT2D eigenvalue weighted by atomic mass is 15.1. The molecule has 60 valence electrons. The third kappa shape index (κ3) is 1.94. The summed E-state index contributed by atoms with van der Waals surface area (Å²) in [5.41, 5.74) is 7.33. The van der Waals surface area contributed by atoms with Crippen LogP contribution in [-0.4, -0.2) is 21.7 Å². The Morgan fingerprint density at radius 2 is 2.27 bits per heavy atom. The molecule has 2 N–H and O–H groups in total. The summed E-state index contributed by atoms with van der Waals surface area (Å²) >= 11 is 0. The minimum Gasteiger partial charge on any atom is -0.330 e. The molecule has 0 unspecified atom stereocenters. The van der Waals surface area contributed by atoms with E-state index in [0.717, 1.165) is 24.2 Å². The van der Waals surface area contributed by atoms with Crippen LogP contribution in [0.4, 0.5) is 0 Å². The van der Waals surface area contributed by atoms with Gasteiger partial charge in [-0.2, -0.15) is 5.10 Å². The fourth-order valence-electron chi connectivity index (χ4n) is 0.944. The molecule has 0 fully saturated rings. The van der Waals surface area contributed by atoms with Crippen LogP contribution < -0.4 is 5.73 Å². The second-order valence-electron chi connectivity index (χ2n) is 2.25. The molecule has 0 amide bonds. The summed E-state index contributed by atoms with van der Waals surface area (Å²) in [4.78, 5) is 4.09. The molecule has 0 saturated heterocycles. The fraction of sp³-hybridized carbons (Fsp3) is 0.571. The van der Waals surface area contributed by atoms with Crippen LogP contribution in [0.15, 0.2) is 6.33 Å². The van der Waals surface area contributed by atoms with Crippen LogP contribution in [0.5, 0.6) is 0 Å². The van der Waals surface area contributed by atoms with Crippen molar-refractivity contribution in [3.05, 3.63) is 17.7 Å². The van der Waals surface area contributed by atoms with Crippen LogP contribution in [0.3, 0.4) is 0 Å². The van der Waals surface area contributed by atoms with Gasteiger partial charge in [-0.3, -0.25) is 0 Å².